The number of piperidine rings is 1. The zero-order valence-corrected chi connectivity index (χ0v) is 13.5. The fourth-order valence-electron chi connectivity index (χ4n) is 4.38. The average molecular weight is 266 g/mol. The Balaban J connectivity index is 1.81. The van der Waals surface area contributed by atoms with Crippen molar-refractivity contribution in [3.63, 3.8) is 0 Å². The lowest BCUT2D eigenvalue weighted by Gasteiger charge is -2.39. The number of rotatable bonds is 4. The molecule has 0 aromatic rings. The second-order valence-electron chi connectivity index (χ2n) is 7.37. The predicted octanol–water partition coefficient (Wildman–Crippen LogP) is 3.52. The van der Waals surface area contributed by atoms with Crippen LogP contribution < -0.4 is 5.32 Å². The van der Waals surface area contributed by atoms with Gasteiger partial charge in [-0.15, -0.1) is 0 Å². The van der Waals surface area contributed by atoms with Crippen LogP contribution in [0.3, 0.4) is 0 Å². The Morgan fingerprint density at radius 2 is 1.84 bits per heavy atom. The minimum Gasteiger partial charge on any atom is -0.311 e. The first-order chi connectivity index (χ1) is 9.08. The molecule has 19 heavy (non-hydrogen) atoms. The molecule has 0 amide bonds. The van der Waals surface area contributed by atoms with Crippen LogP contribution in [0.4, 0.5) is 0 Å². The Labute approximate surface area is 120 Å². The summed E-state index contributed by atoms with van der Waals surface area (Å²) in [6.45, 7) is 13.4. The van der Waals surface area contributed by atoms with E-state index in [2.05, 4.69) is 37.9 Å². The van der Waals surface area contributed by atoms with Gasteiger partial charge in [0.15, 0.2) is 0 Å². The Morgan fingerprint density at radius 3 is 2.47 bits per heavy atom. The molecule has 1 aliphatic carbocycles. The Bertz CT molecular complexity index is 256. The highest BCUT2D eigenvalue weighted by atomic mass is 15.1. The summed E-state index contributed by atoms with van der Waals surface area (Å²) in [6.07, 6.45) is 7.02. The molecule has 0 spiro atoms. The average Bonchev–Trinajstić information content (AvgIpc) is 2.37. The molecular formula is C17H34N2. The molecule has 2 fully saturated rings. The van der Waals surface area contributed by atoms with Crippen LogP contribution in [-0.4, -0.2) is 36.6 Å². The molecule has 2 rings (SSSR count). The molecule has 1 heterocycles. The molecule has 0 aromatic heterocycles. The summed E-state index contributed by atoms with van der Waals surface area (Å²) in [4.78, 5) is 2.62. The van der Waals surface area contributed by atoms with Crippen LogP contribution in [0.25, 0.3) is 0 Å². The van der Waals surface area contributed by atoms with E-state index in [0.717, 1.165) is 23.8 Å². The fourth-order valence-corrected chi connectivity index (χ4v) is 4.38. The van der Waals surface area contributed by atoms with Gasteiger partial charge in [-0.2, -0.15) is 0 Å². The number of likely N-dealkylation sites (tertiary alicyclic amines) is 1. The zero-order valence-electron chi connectivity index (χ0n) is 13.5. The molecule has 1 saturated carbocycles. The zero-order chi connectivity index (χ0) is 13.8. The second kappa shape index (κ2) is 7.08. The van der Waals surface area contributed by atoms with Crippen molar-refractivity contribution in [1.29, 1.82) is 0 Å². The molecule has 4 unspecified atom stereocenters. The van der Waals surface area contributed by atoms with Gasteiger partial charge in [-0.3, -0.25) is 0 Å². The topological polar surface area (TPSA) is 15.3 Å². The van der Waals surface area contributed by atoms with Gasteiger partial charge in [-0.05, 0) is 69.9 Å². The van der Waals surface area contributed by atoms with E-state index in [-0.39, 0.29) is 0 Å². The first-order valence-electron chi connectivity index (χ1n) is 8.56. The molecule has 0 aromatic carbocycles. The molecule has 2 aliphatic rings. The van der Waals surface area contributed by atoms with Gasteiger partial charge in [0.05, 0.1) is 0 Å². The molecule has 0 bridgehead atoms. The molecule has 0 radical (unpaired) electrons. The maximum Gasteiger partial charge on any atom is 0.00818 e. The third kappa shape index (κ3) is 4.46. The van der Waals surface area contributed by atoms with E-state index in [0.29, 0.717) is 6.04 Å². The minimum absolute atomic E-state index is 0.692. The van der Waals surface area contributed by atoms with E-state index in [1.807, 2.05) is 0 Å². The third-order valence-corrected chi connectivity index (χ3v) is 5.37. The third-order valence-electron chi connectivity index (χ3n) is 5.37. The van der Waals surface area contributed by atoms with Gasteiger partial charge in [0, 0.05) is 18.6 Å². The number of nitrogens with one attached hydrogen (secondary N) is 1. The molecule has 2 heteroatoms. The first kappa shape index (κ1) is 15.3. The van der Waals surface area contributed by atoms with E-state index in [1.165, 1.54) is 51.7 Å². The summed E-state index contributed by atoms with van der Waals surface area (Å²) < 4.78 is 0. The van der Waals surface area contributed by atoms with Gasteiger partial charge in [0.25, 0.3) is 0 Å². The maximum atomic E-state index is 3.97. The number of nitrogens with zero attached hydrogens (tertiary/aromatic N) is 1. The molecular weight excluding hydrogens is 232 g/mol. The van der Waals surface area contributed by atoms with Crippen molar-refractivity contribution in [3.05, 3.63) is 0 Å². The highest BCUT2D eigenvalue weighted by molar-refractivity contribution is 4.86. The van der Waals surface area contributed by atoms with Gasteiger partial charge in [0.2, 0.25) is 0 Å². The van der Waals surface area contributed by atoms with Crippen molar-refractivity contribution in [1.82, 2.24) is 10.2 Å². The van der Waals surface area contributed by atoms with Crippen LogP contribution in [0.15, 0.2) is 0 Å². The van der Waals surface area contributed by atoms with Gasteiger partial charge < -0.3 is 10.2 Å². The van der Waals surface area contributed by atoms with Crippen LogP contribution in [0.5, 0.6) is 0 Å². The van der Waals surface area contributed by atoms with E-state index in [4.69, 9.17) is 0 Å². The van der Waals surface area contributed by atoms with E-state index in [9.17, 15) is 0 Å². The summed E-state index contributed by atoms with van der Waals surface area (Å²) in [5.74, 6) is 2.68. The van der Waals surface area contributed by atoms with Gasteiger partial charge in [-0.25, -0.2) is 0 Å². The Kier molecular flexibility index (Phi) is 5.70. The quantitative estimate of drug-likeness (QED) is 0.837. The van der Waals surface area contributed by atoms with Gasteiger partial charge in [0.1, 0.15) is 0 Å². The summed E-state index contributed by atoms with van der Waals surface area (Å²) in [6, 6.07) is 1.46. The van der Waals surface area contributed by atoms with Crippen molar-refractivity contribution in [2.45, 2.75) is 71.9 Å². The van der Waals surface area contributed by atoms with E-state index in [1.54, 1.807) is 0 Å². The van der Waals surface area contributed by atoms with Crippen LogP contribution in [0.2, 0.25) is 0 Å². The van der Waals surface area contributed by atoms with Crippen molar-refractivity contribution in [3.8, 4) is 0 Å². The smallest absolute Gasteiger partial charge is 0.00818 e. The Morgan fingerprint density at radius 1 is 1.16 bits per heavy atom. The molecule has 1 N–H and O–H groups in total. The van der Waals surface area contributed by atoms with E-state index < -0.39 is 0 Å². The largest absolute Gasteiger partial charge is 0.311 e. The summed E-state index contributed by atoms with van der Waals surface area (Å²) in [5, 5.41) is 3.97. The minimum atomic E-state index is 0.692. The Hall–Kier alpha value is -0.0800. The lowest BCUT2D eigenvalue weighted by molar-refractivity contribution is 0.140. The van der Waals surface area contributed by atoms with E-state index >= 15 is 0 Å². The van der Waals surface area contributed by atoms with Crippen molar-refractivity contribution >= 4 is 0 Å². The summed E-state index contributed by atoms with van der Waals surface area (Å²) in [5.41, 5.74) is 0. The fraction of sp³-hybridized carbons (Fsp3) is 1.00. The molecule has 112 valence electrons. The highest BCUT2D eigenvalue weighted by Gasteiger charge is 2.28. The number of hydrogen-bond donors (Lipinski definition) is 1. The first-order valence-corrected chi connectivity index (χ1v) is 8.56. The standard InChI is InChI=1S/C17H34N2/c1-5-19-8-6-7-16(12-19)15(4)18-17-10-13(2)9-14(3)11-17/h13-18H,5-12H2,1-4H3. The van der Waals surface area contributed by atoms with Gasteiger partial charge in [-0.1, -0.05) is 20.8 Å². The van der Waals surface area contributed by atoms with Crippen LogP contribution >= 0.6 is 0 Å². The predicted molar refractivity (Wildman–Crippen MR) is 83.4 cm³/mol. The highest BCUT2D eigenvalue weighted by Crippen LogP contribution is 2.29. The molecule has 1 aliphatic heterocycles. The lowest BCUT2D eigenvalue weighted by Crippen LogP contribution is -2.49. The molecule has 1 saturated heterocycles. The SMILES string of the molecule is CCN1CCCC(C(C)NC2CC(C)CC(C)C2)C1. The monoisotopic (exact) mass is 266 g/mol. The van der Waals surface area contributed by atoms with Crippen molar-refractivity contribution in [2.75, 3.05) is 19.6 Å². The van der Waals surface area contributed by atoms with Crippen molar-refractivity contribution < 1.29 is 0 Å². The van der Waals surface area contributed by atoms with Crippen LogP contribution in [-0.2, 0) is 0 Å². The van der Waals surface area contributed by atoms with Gasteiger partial charge >= 0.3 is 0 Å². The van der Waals surface area contributed by atoms with Crippen LogP contribution in [0, 0.1) is 17.8 Å². The van der Waals surface area contributed by atoms with Crippen LogP contribution in [0.1, 0.15) is 59.8 Å². The maximum absolute atomic E-state index is 3.97. The molecule has 4 atom stereocenters. The summed E-state index contributed by atoms with van der Waals surface area (Å²) >= 11 is 0. The normalized spacial score (nSPS) is 39.2. The molecule has 2 nitrogen and oxygen atoms in total. The second-order valence-corrected chi connectivity index (χ2v) is 7.37. The lowest BCUT2D eigenvalue weighted by atomic mass is 9.79. The van der Waals surface area contributed by atoms with Crippen molar-refractivity contribution in [2.24, 2.45) is 17.8 Å². The number of hydrogen-bond acceptors (Lipinski definition) is 2. The summed E-state index contributed by atoms with van der Waals surface area (Å²) in [7, 11) is 0.